The van der Waals surface area contributed by atoms with E-state index in [0.717, 1.165) is 5.56 Å². The Labute approximate surface area is 74.8 Å². The fraction of sp³-hybridized carbons (Fsp3) is 0. The van der Waals surface area contributed by atoms with Crippen LogP contribution in [0.15, 0.2) is 18.2 Å². The van der Waals surface area contributed by atoms with E-state index in [2.05, 4.69) is 0 Å². The fourth-order valence-corrected chi connectivity index (χ4v) is 1.51. The van der Waals surface area contributed by atoms with Gasteiger partial charge in [0, 0.05) is 10.9 Å². The zero-order chi connectivity index (χ0) is 7.56. The highest BCUT2D eigenvalue weighted by Crippen LogP contribution is 2.21. The van der Waals surface area contributed by atoms with E-state index in [1.807, 2.05) is 0 Å². The zero-order valence-corrected chi connectivity index (χ0v) is 7.30. The average Bonchev–Trinajstić information content (AvgIpc) is 1.88. The van der Waals surface area contributed by atoms with Crippen molar-refractivity contribution in [3.05, 3.63) is 33.8 Å². The van der Waals surface area contributed by atoms with E-state index in [0.29, 0.717) is 10.0 Å². The normalized spacial score (nSPS) is 9.40. The minimum absolute atomic E-state index is 0.600. The summed E-state index contributed by atoms with van der Waals surface area (Å²) in [6.07, 6.45) is 0. The summed E-state index contributed by atoms with van der Waals surface area (Å²) in [5.41, 5.74) is 0.723. The van der Waals surface area contributed by atoms with E-state index in [4.69, 9.17) is 35.4 Å². The Bertz CT molecular complexity index is 238. The number of benzene rings is 1. The van der Waals surface area contributed by atoms with Gasteiger partial charge >= 0.3 is 0 Å². The Hall–Kier alpha value is -0.110. The molecule has 0 amide bonds. The van der Waals surface area contributed by atoms with Gasteiger partial charge in [0.2, 0.25) is 0 Å². The molecule has 1 aromatic rings. The number of hydrogen-bond donors (Lipinski definition) is 0. The highest BCUT2D eigenvalue weighted by molar-refractivity contribution is 7.79. The molecular formula is C7H4Cl2S. The van der Waals surface area contributed by atoms with Crippen LogP contribution in [-0.2, 0) is 0 Å². The van der Waals surface area contributed by atoms with Crippen LogP contribution in [-0.4, -0.2) is 5.37 Å². The highest BCUT2D eigenvalue weighted by atomic mass is 35.5. The first-order chi connectivity index (χ1) is 4.75. The van der Waals surface area contributed by atoms with Crippen LogP contribution < -0.4 is 0 Å². The number of halogens is 2. The molecule has 0 aromatic heterocycles. The molecule has 0 bridgehead atoms. The van der Waals surface area contributed by atoms with Gasteiger partial charge in [0.1, 0.15) is 0 Å². The molecule has 0 saturated heterocycles. The summed E-state index contributed by atoms with van der Waals surface area (Å²) >= 11 is 16.2. The molecule has 10 heavy (non-hydrogen) atoms. The Morgan fingerprint density at radius 1 is 1.20 bits per heavy atom. The molecule has 0 heterocycles. The van der Waals surface area contributed by atoms with E-state index in [1.165, 1.54) is 5.37 Å². The van der Waals surface area contributed by atoms with Crippen LogP contribution in [0.5, 0.6) is 0 Å². The molecule has 0 unspecified atom stereocenters. The Kier molecular flexibility index (Phi) is 2.66. The SMILES string of the molecule is S=Cc1c(Cl)cccc1Cl. The smallest absolute Gasteiger partial charge is 0.0501 e. The molecule has 0 spiro atoms. The van der Waals surface area contributed by atoms with Crippen LogP contribution >= 0.6 is 35.4 Å². The second-order valence-electron chi connectivity index (χ2n) is 1.75. The highest BCUT2D eigenvalue weighted by Gasteiger charge is 1.99. The molecule has 1 aromatic carbocycles. The van der Waals surface area contributed by atoms with Crippen molar-refractivity contribution in [3.63, 3.8) is 0 Å². The van der Waals surface area contributed by atoms with Crippen LogP contribution in [0.25, 0.3) is 0 Å². The van der Waals surface area contributed by atoms with Gasteiger partial charge in [-0.25, -0.2) is 0 Å². The van der Waals surface area contributed by atoms with Gasteiger partial charge in [0.05, 0.1) is 10.0 Å². The van der Waals surface area contributed by atoms with Crippen molar-refractivity contribution < 1.29 is 0 Å². The molecule has 0 nitrogen and oxygen atoms in total. The maximum absolute atomic E-state index is 5.75. The number of hydrogen-bond acceptors (Lipinski definition) is 1. The summed E-state index contributed by atoms with van der Waals surface area (Å²) in [5.74, 6) is 0. The molecule has 0 aliphatic carbocycles. The van der Waals surface area contributed by atoms with Crippen LogP contribution in [0.2, 0.25) is 10.0 Å². The lowest BCUT2D eigenvalue weighted by atomic mass is 10.2. The lowest BCUT2D eigenvalue weighted by Gasteiger charge is -1.97. The summed E-state index contributed by atoms with van der Waals surface area (Å²) in [6, 6.07) is 5.30. The van der Waals surface area contributed by atoms with Gasteiger partial charge in [-0.3, -0.25) is 0 Å². The average molecular weight is 191 g/mol. The van der Waals surface area contributed by atoms with Crippen molar-refractivity contribution in [2.24, 2.45) is 0 Å². The number of thiocarbonyl (C=S) groups is 1. The summed E-state index contributed by atoms with van der Waals surface area (Å²) in [7, 11) is 0. The van der Waals surface area contributed by atoms with E-state index in [1.54, 1.807) is 18.2 Å². The van der Waals surface area contributed by atoms with Gasteiger partial charge in [0.25, 0.3) is 0 Å². The van der Waals surface area contributed by atoms with Crippen molar-refractivity contribution >= 4 is 40.8 Å². The van der Waals surface area contributed by atoms with Crippen molar-refractivity contribution in [1.82, 2.24) is 0 Å². The quantitative estimate of drug-likeness (QED) is 0.613. The summed E-state index contributed by atoms with van der Waals surface area (Å²) in [4.78, 5) is 0. The summed E-state index contributed by atoms with van der Waals surface area (Å²) < 4.78 is 0. The molecule has 3 heteroatoms. The summed E-state index contributed by atoms with van der Waals surface area (Å²) in [6.45, 7) is 0. The first kappa shape index (κ1) is 7.99. The van der Waals surface area contributed by atoms with Crippen molar-refractivity contribution in [2.45, 2.75) is 0 Å². The molecule has 52 valence electrons. The maximum atomic E-state index is 5.75. The second-order valence-corrected chi connectivity index (χ2v) is 2.80. The Morgan fingerprint density at radius 2 is 1.70 bits per heavy atom. The minimum atomic E-state index is 0.600. The molecule has 0 saturated carbocycles. The van der Waals surface area contributed by atoms with E-state index < -0.39 is 0 Å². The van der Waals surface area contributed by atoms with Crippen LogP contribution in [0, 0.1) is 0 Å². The van der Waals surface area contributed by atoms with Gasteiger partial charge in [0.15, 0.2) is 0 Å². The minimum Gasteiger partial charge on any atom is -0.0880 e. The monoisotopic (exact) mass is 190 g/mol. The standard InChI is InChI=1S/C7H4Cl2S/c8-6-2-1-3-7(9)5(6)4-10/h1-4H. The number of rotatable bonds is 1. The molecule has 0 aliphatic heterocycles. The van der Waals surface area contributed by atoms with Crippen molar-refractivity contribution in [2.75, 3.05) is 0 Å². The molecule has 0 aliphatic rings. The van der Waals surface area contributed by atoms with Gasteiger partial charge in [-0.2, -0.15) is 0 Å². The molecule has 0 atom stereocenters. The Balaban J connectivity index is 3.30. The van der Waals surface area contributed by atoms with E-state index in [-0.39, 0.29) is 0 Å². The topological polar surface area (TPSA) is 0 Å². The largest absolute Gasteiger partial charge is 0.0880 e. The van der Waals surface area contributed by atoms with Gasteiger partial charge in [-0.05, 0) is 12.1 Å². The molecule has 0 N–H and O–H groups in total. The predicted molar refractivity (Wildman–Crippen MR) is 49.2 cm³/mol. The zero-order valence-electron chi connectivity index (χ0n) is 4.97. The van der Waals surface area contributed by atoms with Crippen molar-refractivity contribution in [3.8, 4) is 0 Å². The lowest BCUT2D eigenvalue weighted by Crippen LogP contribution is -1.80. The molecule has 1 rings (SSSR count). The van der Waals surface area contributed by atoms with E-state index in [9.17, 15) is 0 Å². The van der Waals surface area contributed by atoms with Gasteiger partial charge in [-0.15, -0.1) is 0 Å². The fourth-order valence-electron chi connectivity index (χ4n) is 0.623. The molecular weight excluding hydrogens is 187 g/mol. The molecule has 0 radical (unpaired) electrons. The third-order valence-corrected chi connectivity index (χ3v) is 2.01. The van der Waals surface area contributed by atoms with Crippen LogP contribution in [0.1, 0.15) is 5.56 Å². The predicted octanol–water partition coefficient (Wildman–Crippen LogP) is 3.34. The van der Waals surface area contributed by atoms with Gasteiger partial charge in [-0.1, -0.05) is 41.5 Å². The first-order valence-corrected chi connectivity index (χ1v) is 3.87. The van der Waals surface area contributed by atoms with Crippen molar-refractivity contribution in [1.29, 1.82) is 0 Å². The maximum Gasteiger partial charge on any atom is 0.0501 e. The third kappa shape index (κ3) is 1.48. The summed E-state index contributed by atoms with van der Waals surface area (Å²) in [5, 5.41) is 2.68. The van der Waals surface area contributed by atoms with E-state index >= 15 is 0 Å². The van der Waals surface area contributed by atoms with Crippen LogP contribution in [0.4, 0.5) is 0 Å². The first-order valence-electron chi connectivity index (χ1n) is 2.65. The lowest BCUT2D eigenvalue weighted by molar-refractivity contribution is 1.68. The Morgan fingerprint density at radius 3 is 2.00 bits per heavy atom. The second kappa shape index (κ2) is 3.33. The van der Waals surface area contributed by atoms with Gasteiger partial charge < -0.3 is 0 Å². The molecule has 0 fully saturated rings. The third-order valence-electron chi connectivity index (χ3n) is 1.12. The van der Waals surface area contributed by atoms with Crippen LogP contribution in [0.3, 0.4) is 0 Å².